The average Bonchev–Trinajstić information content (AvgIpc) is 2.47. The average molecular weight is 293 g/mol. The van der Waals surface area contributed by atoms with Crippen LogP contribution in [-0.2, 0) is 4.79 Å². The Hall–Kier alpha value is -2.11. The SMILES string of the molecule is CCCN(CC(=O)O)c1ccnc(C(=O)N(CC)CC)c1. The number of nitrogens with zero attached hydrogens (tertiary/aromatic N) is 3. The molecule has 6 nitrogen and oxygen atoms in total. The summed E-state index contributed by atoms with van der Waals surface area (Å²) in [6.07, 6.45) is 2.38. The third kappa shape index (κ3) is 4.73. The number of carbonyl (C=O) groups excluding carboxylic acids is 1. The molecule has 0 aliphatic rings. The van der Waals surface area contributed by atoms with Crippen molar-refractivity contribution in [3.05, 3.63) is 24.0 Å². The molecule has 116 valence electrons. The number of hydrogen-bond donors (Lipinski definition) is 1. The first-order valence-electron chi connectivity index (χ1n) is 7.25. The zero-order chi connectivity index (χ0) is 15.8. The number of carboxylic acids is 1. The summed E-state index contributed by atoms with van der Waals surface area (Å²) in [5, 5.41) is 8.98. The first-order valence-corrected chi connectivity index (χ1v) is 7.25. The highest BCUT2D eigenvalue weighted by molar-refractivity contribution is 5.93. The van der Waals surface area contributed by atoms with Gasteiger partial charge in [-0.15, -0.1) is 0 Å². The van der Waals surface area contributed by atoms with Gasteiger partial charge in [0.2, 0.25) is 0 Å². The zero-order valence-corrected chi connectivity index (χ0v) is 12.9. The normalized spacial score (nSPS) is 10.2. The lowest BCUT2D eigenvalue weighted by molar-refractivity contribution is -0.135. The number of anilines is 1. The van der Waals surface area contributed by atoms with Crippen LogP contribution in [0.3, 0.4) is 0 Å². The van der Waals surface area contributed by atoms with E-state index in [0.717, 1.165) is 6.42 Å². The van der Waals surface area contributed by atoms with Crippen molar-refractivity contribution in [1.29, 1.82) is 0 Å². The van der Waals surface area contributed by atoms with Crippen molar-refractivity contribution < 1.29 is 14.7 Å². The van der Waals surface area contributed by atoms with E-state index in [-0.39, 0.29) is 12.5 Å². The molecular weight excluding hydrogens is 270 g/mol. The van der Waals surface area contributed by atoms with Gasteiger partial charge < -0.3 is 14.9 Å². The van der Waals surface area contributed by atoms with Gasteiger partial charge in [0.1, 0.15) is 12.2 Å². The summed E-state index contributed by atoms with van der Waals surface area (Å²) in [6, 6.07) is 3.40. The molecule has 1 heterocycles. The fraction of sp³-hybridized carbons (Fsp3) is 0.533. The number of rotatable bonds is 8. The molecule has 0 fully saturated rings. The van der Waals surface area contributed by atoms with Gasteiger partial charge in [0.15, 0.2) is 0 Å². The smallest absolute Gasteiger partial charge is 0.323 e. The second kappa shape index (κ2) is 8.24. The molecule has 1 amide bonds. The lowest BCUT2D eigenvalue weighted by Gasteiger charge is -2.23. The molecule has 0 bridgehead atoms. The molecule has 1 N–H and O–H groups in total. The number of carbonyl (C=O) groups is 2. The second-order valence-electron chi connectivity index (χ2n) is 4.69. The van der Waals surface area contributed by atoms with Crippen molar-refractivity contribution in [3.8, 4) is 0 Å². The topological polar surface area (TPSA) is 73.7 Å². The van der Waals surface area contributed by atoms with E-state index in [4.69, 9.17) is 5.11 Å². The van der Waals surface area contributed by atoms with Crippen LogP contribution in [0.5, 0.6) is 0 Å². The maximum atomic E-state index is 12.3. The first kappa shape index (κ1) is 16.9. The van der Waals surface area contributed by atoms with Crippen molar-refractivity contribution in [2.24, 2.45) is 0 Å². The number of amides is 1. The van der Waals surface area contributed by atoms with Crippen molar-refractivity contribution in [2.45, 2.75) is 27.2 Å². The number of pyridine rings is 1. The van der Waals surface area contributed by atoms with E-state index in [1.807, 2.05) is 20.8 Å². The predicted molar refractivity (Wildman–Crippen MR) is 81.6 cm³/mol. The van der Waals surface area contributed by atoms with Crippen LogP contribution in [0.25, 0.3) is 0 Å². The van der Waals surface area contributed by atoms with Gasteiger partial charge in [0, 0.05) is 31.5 Å². The third-order valence-corrected chi connectivity index (χ3v) is 3.20. The largest absolute Gasteiger partial charge is 0.480 e. The summed E-state index contributed by atoms with van der Waals surface area (Å²) in [5.41, 5.74) is 1.06. The molecule has 0 spiro atoms. The summed E-state index contributed by atoms with van der Waals surface area (Å²) < 4.78 is 0. The minimum absolute atomic E-state index is 0.0866. The Kier molecular flexibility index (Phi) is 6.65. The summed E-state index contributed by atoms with van der Waals surface area (Å²) >= 11 is 0. The molecule has 0 aromatic carbocycles. The van der Waals surface area contributed by atoms with Crippen LogP contribution in [0, 0.1) is 0 Å². The van der Waals surface area contributed by atoms with Gasteiger partial charge >= 0.3 is 5.97 Å². The molecule has 1 aromatic rings. The van der Waals surface area contributed by atoms with Gasteiger partial charge in [-0.25, -0.2) is 0 Å². The minimum atomic E-state index is -0.892. The van der Waals surface area contributed by atoms with E-state index >= 15 is 0 Å². The van der Waals surface area contributed by atoms with E-state index in [1.54, 1.807) is 28.1 Å². The number of carboxylic acid groups (broad SMARTS) is 1. The minimum Gasteiger partial charge on any atom is -0.480 e. The lowest BCUT2D eigenvalue weighted by atomic mass is 10.2. The fourth-order valence-corrected chi connectivity index (χ4v) is 2.14. The summed E-state index contributed by atoms with van der Waals surface area (Å²) in [7, 11) is 0. The Morgan fingerprint density at radius 1 is 1.24 bits per heavy atom. The molecule has 21 heavy (non-hydrogen) atoms. The van der Waals surface area contributed by atoms with Gasteiger partial charge in [-0.2, -0.15) is 0 Å². The number of hydrogen-bond acceptors (Lipinski definition) is 4. The van der Waals surface area contributed by atoms with E-state index < -0.39 is 5.97 Å². The molecule has 0 saturated heterocycles. The zero-order valence-electron chi connectivity index (χ0n) is 12.9. The van der Waals surface area contributed by atoms with Crippen molar-refractivity contribution in [3.63, 3.8) is 0 Å². The molecule has 0 saturated carbocycles. The number of aliphatic carboxylic acids is 1. The molecule has 0 atom stereocenters. The molecule has 0 aliphatic heterocycles. The first-order chi connectivity index (χ1) is 10.0. The summed E-state index contributed by atoms with van der Waals surface area (Å²) in [4.78, 5) is 30.8. The van der Waals surface area contributed by atoms with Crippen molar-refractivity contribution in [2.75, 3.05) is 31.1 Å². The maximum Gasteiger partial charge on any atom is 0.323 e. The Morgan fingerprint density at radius 2 is 1.90 bits per heavy atom. The Bertz CT molecular complexity index is 487. The van der Waals surface area contributed by atoms with Crippen LogP contribution in [0.4, 0.5) is 5.69 Å². The van der Waals surface area contributed by atoms with E-state index in [1.165, 1.54) is 0 Å². The van der Waals surface area contributed by atoms with Crippen LogP contribution >= 0.6 is 0 Å². The van der Waals surface area contributed by atoms with Crippen LogP contribution in [0.2, 0.25) is 0 Å². The van der Waals surface area contributed by atoms with Gasteiger partial charge in [-0.3, -0.25) is 14.6 Å². The summed E-state index contributed by atoms with van der Waals surface area (Å²) in [5.74, 6) is -1.02. The van der Waals surface area contributed by atoms with E-state index in [9.17, 15) is 9.59 Å². The van der Waals surface area contributed by atoms with Gasteiger partial charge in [-0.1, -0.05) is 6.92 Å². The molecule has 1 aromatic heterocycles. The van der Waals surface area contributed by atoms with Gasteiger partial charge in [0.05, 0.1) is 0 Å². The maximum absolute atomic E-state index is 12.3. The number of aromatic nitrogens is 1. The fourth-order valence-electron chi connectivity index (χ4n) is 2.14. The Balaban J connectivity index is 3.01. The molecule has 6 heteroatoms. The quantitative estimate of drug-likeness (QED) is 0.792. The highest BCUT2D eigenvalue weighted by Crippen LogP contribution is 2.16. The molecule has 0 aliphatic carbocycles. The summed E-state index contributed by atoms with van der Waals surface area (Å²) in [6.45, 7) is 7.59. The van der Waals surface area contributed by atoms with Gasteiger partial charge in [0.25, 0.3) is 5.91 Å². The monoisotopic (exact) mass is 293 g/mol. The Morgan fingerprint density at radius 3 is 2.43 bits per heavy atom. The van der Waals surface area contributed by atoms with Gasteiger partial charge in [-0.05, 0) is 32.4 Å². The predicted octanol–water partition coefficient (Wildman–Crippen LogP) is 1.86. The molecule has 0 unspecified atom stereocenters. The van der Waals surface area contributed by atoms with Crippen molar-refractivity contribution in [1.82, 2.24) is 9.88 Å². The molecule has 1 rings (SSSR count). The highest BCUT2D eigenvalue weighted by atomic mass is 16.4. The highest BCUT2D eigenvalue weighted by Gasteiger charge is 2.16. The second-order valence-corrected chi connectivity index (χ2v) is 4.69. The third-order valence-electron chi connectivity index (χ3n) is 3.20. The van der Waals surface area contributed by atoms with Crippen LogP contribution in [0.1, 0.15) is 37.7 Å². The lowest BCUT2D eigenvalue weighted by Crippen LogP contribution is -2.32. The molecule has 0 radical (unpaired) electrons. The van der Waals surface area contributed by atoms with Crippen LogP contribution in [-0.4, -0.2) is 53.0 Å². The standard InChI is InChI=1S/C15H23N3O3/c1-4-9-18(11-14(19)20)12-7-8-16-13(10-12)15(21)17(5-2)6-3/h7-8,10H,4-6,9,11H2,1-3H3,(H,19,20). The Labute approximate surface area is 125 Å². The van der Waals surface area contributed by atoms with Crippen LogP contribution in [0.15, 0.2) is 18.3 Å². The van der Waals surface area contributed by atoms with Crippen LogP contribution < -0.4 is 4.90 Å². The molecular formula is C15H23N3O3. The van der Waals surface area contributed by atoms with E-state index in [0.29, 0.717) is 31.0 Å². The van der Waals surface area contributed by atoms with Crippen molar-refractivity contribution >= 4 is 17.6 Å². The van der Waals surface area contributed by atoms with E-state index in [2.05, 4.69) is 4.98 Å².